The molecule has 5 nitrogen and oxygen atoms in total. The lowest BCUT2D eigenvalue weighted by atomic mass is 10.1. The molecule has 0 radical (unpaired) electrons. The van der Waals surface area contributed by atoms with Gasteiger partial charge in [-0.25, -0.2) is 4.98 Å². The Hall–Kier alpha value is -2.86. The summed E-state index contributed by atoms with van der Waals surface area (Å²) in [5.41, 5.74) is 3.06. The van der Waals surface area contributed by atoms with E-state index in [2.05, 4.69) is 15.3 Å². The van der Waals surface area contributed by atoms with Crippen LogP contribution in [0, 0.1) is 0 Å². The predicted molar refractivity (Wildman–Crippen MR) is 98.7 cm³/mol. The molecule has 0 saturated heterocycles. The number of benzene rings is 1. The molecule has 0 atom stereocenters. The highest BCUT2D eigenvalue weighted by molar-refractivity contribution is 7.09. The van der Waals surface area contributed by atoms with Crippen molar-refractivity contribution in [3.05, 3.63) is 64.7 Å². The minimum Gasteiger partial charge on any atom is -0.326 e. The van der Waals surface area contributed by atoms with Gasteiger partial charge in [0.1, 0.15) is 0 Å². The number of aryl methyl sites for hydroxylation is 1. The van der Waals surface area contributed by atoms with Gasteiger partial charge in [-0.3, -0.25) is 14.6 Å². The van der Waals surface area contributed by atoms with E-state index < -0.39 is 0 Å². The third kappa shape index (κ3) is 4.58. The van der Waals surface area contributed by atoms with Crippen molar-refractivity contribution >= 4 is 28.7 Å². The van der Waals surface area contributed by atoms with E-state index in [-0.39, 0.29) is 11.7 Å². The third-order valence-electron chi connectivity index (χ3n) is 3.63. The minimum absolute atomic E-state index is 0.0261. The van der Waals surface area contributed by atoms with Gasteiger partial charge in [0.2, 0.25) is 5.91 Å². The lowest BCUT2D eigenvalue weighted by molar-refractivity contribution is -0.116. The highest BCUT2D eigenvalue weighted by Crippen LogP contribution is 2.21. The number of nitrogens with zero attached hydrogens (tertiary/aromatic N) is 2. The van der Waals surface area contributed by atoms with E-state index in [0.29, 0.717) is 24.1 Å². The summed E-state index contributed by atoms with van der Waals surface area (Å²) in [6, 6.07) is 10.8. The summed E-state index contributed by atoms with van der Waals surface area (Å²) >= 11 is 1.54. The number of anilines is 1. The van der Waals surface area contributed by atoms with E-state index in [4.69, 9.17) is 0 Å². The zero-order chi connectivity index (χ0) is 17.6. The number of nitrogens with one attached hydrogen (secondary N) is 1. The van der Waals surface area contributed by atoms with Crippen LogP contribution in [0.4, 0.5) is 5.69 Å². The smallest absolute Gasteiger partial charge is 0.224 e. The van der Waals surface area contributed by atoms with Crippen molar-refractivity contribution in [2.45, 2.75) is 19.8 Å². The topological polar surface area (TPSA) is 72.0 Å². The summed E-state index contributed by atoms with van der Waals surface area (Å²) in [6.07, 6.45) is 4.41. The Morgan fingerprint density at radius 2 is 2.08 bits per heavy atom. The van der Waals surface area contributed by atoms with Crippen LogP contribution in [-0.4, -0.2) is 21.7 Å². The van der Waals surface area contributed by atoms with Crippen LogP contribution >= 0.6 is 11.3 Å². The molecule has 0 fully saturated rings. The Kier molecular flexibility index (Phi) is 5.30. The molecule has 2 aromatic heterocycles. The maximum atomic E-state index is 12.1. The fourth-order valence-electron chi connectivity index (χ4n) is 2.33. The van der Waals surface area contributed by atoms with Gasteiger partial charge >= 0.3 is 0 Å². The quantitative estimate of drug-likeness (QED) is 0.682. The fourth-order valence-corrected chi connectivity index (χ4v) is 3.14. The van der Waals surface area contributed by atoms with Gasteiger partial charge in [-0.1, -0.05) is 12.1 Å². The fraction of sp³-hybridized carbons (Fsp3) is 0.158. The SMILES string of the molecule is CC(=O)c1cccc(NC(=O)CCc2nc(-c3cccnc3)cs2)c1. The molecular weight excluding hydrogens is 334 g/mol. The van der Waals surface area contributed by atoms with Crippen LogP contribution < -0.4 is 5.32 Å². The van der Waals surface area contributed by atoms with Crippen molar-refractivity contribution in [1.82, 2.24) is 9.97 Å². The van der Waals surface area contributed by atoms with Crippen molar-refractivity contribution in [1.29, 1.82) is 0 Å². The van der Waals surface area contributed by atoms with Crippen LogP contribution in [0.1, 0.15) is 28.7 Å². The van der Waals surface area contributed by atoms with Crippen molar-refractivity contribution in [2.24, 2.45) is 0 Å². The van der Waals surface area contributed by atoms with Crippen LogP contribution in [-0.2, 0) is 11.2 Å². The molecule has 6 heteroatoms. The number of hydrogen-bond acceptors (Lipinski definition) is 5. The number of Topliss-reactive ketones (excluding diaryl/α,β-unsaturated/α-hetero) is 1. The summed E-state index contributed by atoms with van der Waals surface area (Å²) in [6.45, 7) is 1.50. The van der Waals surface area contributed by atoms with Gasteiger partial charge in [-0.15, -0.1) is 11.3 Å². The Morgan fingerprint density at radius 1 is 1.20 bits per heavy atom. The first-order chi connectivity index (χ1) is 12.1. The van der Waals surface area contributed by atoms with Gasteiger partial charge in [-0.2, -0.15) is 0 Å². The first-order valence-electron chi connectivity index (χ1n) is 7.87. The Bertz CT molecular complexity index is 890. The van der Waals surface area contributed by atoms with Crippen LogP contribution in [0.5, 0.6) is 0 Å². The molecule has 1 N–H and O–H groups in total. The molecular formula is C19H17N3O2S. The summed E-state index contributed by atoms with van der Waals surface area (Å²) in [5.74, 6) is -0.124. The van der Waals surface area contributed by atoms with Crippen LogP contribution in [0.2, 0.25) is 0 Å². The van der Waals surface area contributed by atoms with Crippen molar-refractivity contribution < 1.29 is 9.59 Å². The van der Waals surface area contributed by atoms with Crippen LogP contribution in [0.15, 0.2) is 54.2 Å². The largest absolute Gasteiger partial charge is 0.326 e. The molecule has 0 saturated carbocycles. The molecule has 0 aliphatic rings. The highest BCUT2D eigenvalue weighted by Gasteiger charge is 2.09. The minimum atomic E-state index is -0.0983. The third-order valence-corrected chi connectivity index (χ3v) is 4.54. The molecule has 3 aromatic rings. The maximum absolute atomic E-state index is 12.1. The molecule has 1 amide bonds. The normalized spacial score (nSPS) is 10.4. The Balaban J connectivity index is 1.57. The molecule has 2 heterocycles. The van der Waals surface area contributed by atoms with Crippen LogP contribution in [0.3, 0.4) is 0 Å². The predicted octanol–water partition coefficient (Wildman–Crippen LogP) is 3.98. The number of hydrogen-bond donors (Lipinski definition) is 1. The number of amides is 1. The van der Waals surface area contributed by atoms with E-state index in [9.17, 15) is 9.59 Å². The van der Waals surface area contributed by atoms with Gasteiger partial charge in [0, 0.05) is 47.4 Å². The molecule has 126 valence electrons. The highest BCUT2D eigenvalue weighted by atomic mass is 32.1. The second-order valence-corrected chi connectivity index (χ2v) is 6.50. The van der Waals surface area contributed by atoms with Gasteiger partial charge < -0.3 is 5.32 Å². The molecule has 3 rings (SSSR count). The maximum Gasteiger partial charge on any atom is 0.224 e. The van der Waals surface area contributed by atoms with Gasteiger partial charge in [-0.05, 0) is 31.2 Å². The van der Waals surface area contributed by atoms with Crippen molar-refractivity contribution in [3.63, 3.8) is 0 Å². The second kappa shape index (κ2) is 7.81. The zero-order valence-electron chi connectivity index (χ0n) is 13.7. The first-order valence-corrected chi connectivity index (χ1v) is 8.75. The second-order valence-electron chi connectivity index (χ2n) is 5.55. The number of carbonyl (C=O) groups is 2. The lowest BCUT2D eigenvalue weighted by Crippen LogP contribution is -2.12. The molecule has 1 aromatic carbocycles. The van der Waals surface area contributed by atoms with Gasteiger partial charge in [0.25, 0.3) is 0 Å². The number of rotatable bonds is 6. The average molecular weight is 351 g/mol. The molecule has 0 spiro atoms. The summed E-state index contributed by atoms with van der Waals surface area (Å²) < 4.78 is 0. The Labute approximate surface area is 149 Å². The number of ketones is 1. The standard InChI is InChI=1S/C19H17N3O2S/c1-13(23)14-4-2-6-16(10-14)21-18(24)7-8-19-22-17(12-25-19)15-5-3-9-20-11-15/h2-6,9-12H,7-8H2,1H3,(H,21,24). The van der Waals surface area contributed by atoms with Gasteiger partial charge in [0.05, 0.1) is 10.7 Å². The number of aromatic nitrogens is 2. The molecule has 0 aliphatic heterocycles. The monoisotopic (exact) mass is 351 g/mol. The Morgan fingerprint density at radius 3 is 2.84 bits per heavy atom. The van der Waals surface area contributed by atoms with Crippen LogP contribution in [0.25, 0.3) is 11.3 Å². The molecule has 0 bridgehead atoms. The lowest BCUT2D eigenvalue weighted by Gasteiger charge is -2.05. The van der Waals surface area contributed by atoms with E-state index in [0.717, 1.165) is 16.3 Å². The average Bonchev–Trinajstić information content (AvgIpc) is 3.10. The van der Waals surface area contributed by atoms with Crippen molar-refractivity contribution in [2.75, 3.05) is 5.32 Å². The zero-order valence-corrected chi connectivity index (χ0v) is 14.5. The molecule has 25 heavy (non-hydrogen) atoms. The number of thiazole rings is 1. The first kappa shape index (κ1) is 17.0. The van der Waals surface area contributed by atoms with E-state index in [1.54, 1.807) is 36.7 Å². The van der Waals surface area contributed by atoms with E-state index in [1.165, 1.54) is 18.3 Å². The van der Waals surface area contributed by atoms with E-state index >= 15 is 0 Å². The number of pyridine rings is 1. The molecule has 0 unspecified atom stereocenters. The number of carbonyl (C=O) groups excluding carboxylic acids is 2. The van der Waals surface area contributed by atoms with Gasteiger partial charge in [0.15, 0.2) is 5.78 Å². The van der Waals surface area contributed by atoms with E-state index in [1.807, 2.05) is 17.5 Å². The van der Waals surface area contributed by atoms with Crippen molar-refractivity contribution in [3.8, 4) is 11.3 Å². The summed E-state index contributed by atoms with van der Waals surface area (Å²) in [5, 5.41) is 5.70. The summed E-state index contributed by atoms with van der Waals surface area (Å²) in [7, 11) is 0. The summed E-state index contributed by atoms with van der Waals surface area (Å²) in [4.78, 5) is 32.1. The molecule has 0 aliphatic carbocycles.